The minimum atomic E-state index is -0.475. The van der Waals surface area contributed by atoms with Gasteiger partial charge in [-0.2, -0.15) is 0 Å². The molecular formula is C18H18F2N4O. The Morgan fingerprint density at radius 2 is 2.16 bits per heavy atom. The van der Waals surface area contributed by atoms with Crippen LogP contribution in [0.25, 0.3) is 5.57 Å². The SMILES string of the molecule is CC(=O)C(=CN)c1nccc(N2CCCC2c2cc(F)ccc2F)n1. The van der Waals surface area contributed by atoms with Gasteiger partial charge in [0, 0.05) is 24.5 Å². The van der Waals surface area contributed by atoms with Crippen LogP contribution in [0.1, 0.15) is 37.2 Å². The molecule has 1 unspecified atom stereocenters. The molecule has 2 heterocycles. The molecule has 1 aliphatic heterocycles. The van der Waals surface area contributed by atoms with Gasteiger partial charge in [-0.05, 0) is 44.0 Å². The quantitative estimate of drug-likeness (QED) is 0.863. The number of aromatic nitrogens is 2. The first kappa shape index (κ1) is 17.0. The van der Waals surface area contributed by atoms with E-state index in [-0.39, 0.29) is 23.2 Å². The van der Waals surface area contributed by atoms with Crippen LogP contribution in [0.4, 0.5) is 14.6 Å². The number of carbonyl (C=O) groups is 1. The lowest BCUT2D eigenvalue weighted by Crippen LogP contribution is -2.25. The average Bonchev–Trinajstić information content (AvgIpc) is 3.07. The van der Waals surface area contributed by atoms with Crippen LogP contribution < -0.4 is 10.6 Å². The van der Waals surface area contributed by atoms with Gasteiger partial charge in [0.05, 0.1) is 11.6 Å². The Morgan fingerprint density at radius 3 is 2.88 bits per heavy atom. The van der Waals surface area contributed by atoms with Crippen LogP contribution in [-0.4, -0.2) is 22.3 Å². The standard InChI is InChI=1S/C18H18F2N4O/c1-11(25)14(10-21)18-22-7-6-17(23-18)24-8-2-3-16(24)13-9-12(19)4-5-15(13)20/h4-7,9-10,16H,2-3,8,21H2,1H3. The first-order valence-corrected chi connectivity index (χ1v) is 7.99. The third-order valence-electron chi connectivity index (χ3n) is 4.29. The van der Waals surface area contributed by atoms with Gasteiger partial charge in [0.1, 0.15) is 17.5 Å². The molecule has 0 spiro atoms. The van der Waals surface area contributed by atoms with Crippen molar-refractivity contribution in [2.24, 2.45) is 5.73 Å². The molecule has 7 heteroatoms. The molecule has 1 fully saturated rings. The number of nitrogens with two attached hydrogens (primary N) is 1. The summed E-state index contributed by atoms with van der Waals surface area (Å²) in [7, 11) is 0. The Morgan fingerprint density at radius 1 is 1.36 bits per heavy atom. The lowest BCUT2D eigenvalue weighted by molar-refractivity contribution is -0.111. The third kappa shape index (κ3) is 3.35. The summed E-state index contributed by atoms with van der Waals surface area (Å²) in [5.41, 5.74) is 6.02. The molecule has 0 saturated carbocycles. The van der Waals surface area contributed by atoms with Crippen molar-refractivity contribution in [3.8, 4) is 0 Å². The van der Waals surface area contributed by atoms with Crippen molar-refractivity contribution in [2.75, 3.05) is 11.4 Å². The predicted molar refractivity (Wildman–Crippen MR) is 90.6 cm³/mol. The molecule has 130 valence electrons. The topological polar surface area (TPSA) is 72.1 Å². The summed E-state index contributed by atoms with van der Waals surface area (Å²) in [5.74, 6) is -0.390. The number of benzene rings is 1. The zero-order valence-electron chi connectivity index (χ0n) is 13.7. The van der Waals surface area contributed by atoms with Gasteiger partial charge in [0.15, 0.2) is 11.6 Å². The van der Waals surface area contributed by atoms with Gasteiger partial charge < -0.3 is 10.6 Å². The van der Waals surface area contributed by atoms with E-state index in [9.17, 15) is 13.6 Å². The van der Waals surface area contributed by atoms with Gasteiger partial charge in [-0.3, -0.25) is 4.79 Å². The van der Waals surface area contributed by atoms with Gasteiger partial charge in [0.25, 0.3) is 0 Å². The van der Waals surface area contributed by atoms with Gasteiger partial charge in [-0.25, -0.2) is 18.7 Å². The molecule has 5 nitrogen and oxygen atoms in total. The Bertz CT molecular complexity index is 838. The number of hydrogen-bond donors (Lipinski definition) is 1. The zero-order valence-corrected chi connectivity index (χ0v) is 13.7. The Kier molecular flexibility index (Phi) is 4.74. The molecule has 1 atom stereocenters. The van der Waals surface area contributed by atoms with Crippen LogP contribution in [-0.2, 0) is 4.79 Å². The molecule has 25 heavy (non-hydrogen) atoms. The molecule has 0 amide bonds. The monoisotopic (exact) mass is 344 g/mol. The Hall–Kier alpha value is -2.83. The highest BCUT2D eigenvalue weighted by Crippen LogP contribution is 2.36. The fourth-order valence-corrected chi connectivity index (χ4v) is 3.12. The highest BCUT2D eigenvalue weighted by Gasteiger charge is 2.30. The second-order valence-corrected chi connectivity index (χ2v) is 5.89. The molecule has 1 aromatic heterocycles. The van der Waals surface area contributed by atoms with E-state index in [0.29, 0.717) is 24.3 Å². The van der Waals surface area contributed by atoms with Gasteiger partial charge >= 0.3 is 0 Å². The fourth-order valence-electron chi connectivity index (χ4n) is 3.12. The van der Waals surface area contributed by atoms with E-state index in [1.165, 1.54) is 25.4 Å². The third-order valence-corrected chi connectivity index (χ3v) is 4.29. The summed E-state index contributed by atoms with van der Waals surface area (Å²) in [5, 5.41) is 0. The molecule has 1 aromatic carbocycles. The highest BCUT2D eigenvalue weighted by molar-refractivity contribution is 6.18. The molecule has 1 aliphatic rings. The van der Waals surface area contributed by atoms with E-state index in [1.807, 2.05) is 4.90 Å². The summed E-state index contributed by atoms with van der Waals surface area (Å²) in [6.07, 6.45) is 4.22. The van der Waals surface area contributed by atoms with Gasteiger partial charge in [-0.15, -0.1) is 0 Å². The van der Waals surface area contributed by atoms with E-state index >= 15 is 0 Å². The Balaban J connectivity index is 1.98. The van der Waals surface area contributed by atoms with E-state index in [2.05, 4.69) is 9.97 Å². The normalized spacial score (nSPS) is 17.8. The smallest absolute Gasteiger partial charge is 0.166 e. The number of Topliss-reactive ketones (excluding diaryl/α,β-unsaturated/α-hetero) is 1. The van der Waals surface area contributed by atoms with Crippen molar-refractivity contribution in [1.29, 1.82) is 0 Å². The molecule has 1 saturated heterocycles. The number of rotatable bonds is 4. The van der Waals surface area contributed by atoms with Crippen LogP contribution in [0, 0.1) is 11.6 Å². The molecule has 0 radical (unpaired) electrons. The summed E-state index contributed by atoms with van der Waals surface area (Å²) in [4.78, 5) is 22.0. The Labute approximate surface area is 144 Å². The maximum Gasteiger partial charge on any atom is 0.166 e. The highest BCUT2D eigenvalue weighted by atomic mass is 19.1. The summed E-state index contributed by atoms with van der Waals surface area (Å²) in [6, 6.07) is 4.83. The van der Waals surface area contributed by atoms with E-state index in [4.69, 9.17) is 5.73 Å². The molecule has 0 aliphatic carbocycles. The second-order valence-electron chi connectivity index (χ2n) is 5.89. The number of ketones is 1. The molecular weight excluding hydrogens is 326 g/mol. The predicted octanol–water partition coefficient (Wildman–Crippen LogP) is 2.98. The van der Waals surface area contributed by atoms with Gasteiger partial charge in [0.2, 0.25) is 0 Å². The van der Waals surface area contributed by atoms with Gasteiger partial charge in [-0.1, -0.05) is 0 Å². The minimum absolute atomic E-state index is 0.217. The summed E-state index contributed by atoms with van der Waals surface area (Å²) in [6.45, 7) is 2.04. The van der Waals surface area contributed by atoms with Crippen molar-refractivity contribution < 1.29 is 13.6 Å². The zero-order chi connectivity index (χ0) is 18.0. The van der Waals surface area contributed by atoms with Crippen LogP contribution in [0.15, 0.2) is 36.7 Å². The first-order chi connectivity index (χ1) is 12.0. The molecule has 0 bridgehead atoms. The first-order valence-electron chi connectivity index (χ1n) is 7.99. The van der Waals surface area contributed by atoms with Crippen LogP contribution in [0.3, 0.4) is 0 Å². The summed E-state index contributed by atoms with van der Waals surface area (Å²) < 4.78 is 27.7. The lowest BCUT2D eigenvalue weighted by Gasteiger charge is -2.26. The maximum absolute atomic E-state index is 14.2. The number of anilines is 1. The average molecular weight is 344 g/mol. The second kappa shape index (κ2) is 6.96. The van der Waals surface area contributed by atoms with E-state index in [0.717, 1.165) is 18.6 Å². The van der Waals surface area contributed by atoms with Crippen molar-refractivity contribution in [2.45, 2.75) is 25.8 Å². The lowest BCUT2D eigenvalue weighted by atomic mass is 10.0. The fraction of sp³-hybridized carbons (Fsp3) is 0.278. The summed E-state index contributed by atoms with van der Waals surface area (Å²) >= 11 is 0. The minimum Gasteiger partial charge on any atom is -0.404 e. The van der Waals surface area contributed by atoms with Crippen molar-refractivity contribution in [3.05, 3.63) is 59.7 Å². The van der Waals surface area contributed by atoms with Crippen LogP contribution in [0.5, 0.6) is 0 Å². The number of hydrogen-bond acceptors (Lipinski definition) is 5. The number of allylic oxidation sites excluding steroid dienone is 1. The van der Waals surface area contributed by atoms with Crippen molar-refractivity contribution >= 4 is 17.2 Å². The molecule has 2 aromatic rings. The van der Waals surface area contributed by atoms with Crippen molar-refractivity contribution in [3.63, 3.8) is 0 Å². The van der Waals surface area contributed by atoms with Crippen LogP contribution >= 0.6 is 0 Å². The number of halogens is 2. The maximum atomic E-state index is 14.2. The van der Waals surface area contributed by atoms with Crippen LogP contribution in [0.2, 0.25) is 0 Å². The molecule has 2 N–H and O–H groups in total. The number of nitrogens with zero attached hydrogens (tertiary/aromatic N) is 3. The molecule has 3 rings (SSSR count). The number of carbonyl (C=O) groups excluding carboxylic acids is 1. The van der Waals surface area contributed by atoms with Crippen molar-refractivity contribution in [1.82, 2.24) is 9.97 Å². The van der Waals surface area contributed by atoms with E-state index in [1.54, 1.807) is 6.07 Å². The largest absolute Gasteiger partial charge is 0.404 e. The van der Waals surface area contributed by atoms with E-state index < -0.39 is 11.6 Å².